The molecule has 0 radical (unpaired) electrons. The molecule has 2 aliphatic heterocycles. The van der Waals surface area contributed by atoms with Crippen molar-refractivity contribution in [3.63, 3.8) is 0 Å². The lowest BCUT2D eigenvalue weighted by molar-refractivity contribution is -0.384. The summed E-state index contributed by atoms with van der Waals surface area (Å²) < 4.78 is 24.0. The van der Waals surface area contributed by atoms with Gasteiger partial charge in [-0.1, -0.05) is 0 Å². The summed E-state index contributed by atoms with van der Waals surface area (Å²) in [6.45, 7) is -0.0404. The Morgan fingerprint density at radius 2 is 1.82 bits per heavy atom. The molecule has 0 aliphatic carbocycles. The van der Waals surface area contributed by atoms with Crippen molar-refractivity contribution in [1.29, 1.82) is 0 Å². The van der Waals surface area contributed by atoms with Crippen LogP contribution in [0.1, 0.15) is 5.56 Å². The average molecular weight is 472 g/mol. The number of ether oxygens (including phenoxy) is 2. The zero-order valence-corrected chi connectivity index (χ0v) is 18.3. The Morgan fingerprint density at radius 1 is 1.15 bits per heavy atom. The maximum atomic E-state index is 13.7. The van der Waals surface area contributed by atoms with E-state index in [0.717, 1.165) is 17.0 Å². The van der Waals surface area contributed by atoms with Crippen molar-refractivity contribution in [2.24, 2.45) is 5.41 Å². The van der Waals surface area contributed by atoms with Crippen LogP contribution in [0.3, 0.4) is 0 Å². The zero-order chi connectivity index (χ0) is 24.6. The summed E-state index contributed by atoms with van der Waals surface area (Å²) >= 11 is 0. The number of nitro benzene ring substituents is 1. The van der Waals surface area contributed by atoms with Crippen LogP contribution in [0.15, 0.2) is 42.5 Å². The predicted octanol–water partition coefficient (Wildman–Crippen LogP) is 1.98. The van der Waals surface area contributed by atoms with E-state index in [4.69, 9.17) is 9.47 Å². The molecule has 0 unspecified atom stereocenters. The lowest BCUT2D eigenvalue weighted by Gasteiger charge is -2.46. The number of anilines is 2. The molecule has 1 N–H and O–H groups in total. The second-order valence-corrected chi connectivity index (χ2v) is 7.99. The molecule has 2 heterocycles. The van der Waals surface area contributed by atoms with Crippen LogP contribution in [-0.2, 0) is 25.5 Å². The Balaban J connectivity index is 1.81. The summed E-state index contributed by atoms with van der Waals surface area (Å²) in [6, 6.07) is 7.89. The smallest absolute Gasteiger partial charge is 0.335 e. The number of rotatable bonds is 6. The van der Waals surface area contributed by atoms with Crippen molar-refractivity contribution < 1.29 is 33.2 Å². The number of barbiturate groups is 1. The number of nitrogens with zero attached hydrogens (tertiary/aromatic N) is 3. The number of fused-ring (bicyclic) bond motifs is 1. The summed E-state index contributed by atoms with van der Waals surface area (Å²) in [4.78, 5) is 52.7. The Morgan fingerprint density at radius 3 is 2.44 bits per heavy atom. The standard InChI is InChI=1S/C22H21FN4O7/c1-33-18(34-2)11-25-12-22(10-13-9-16(27(31)32)7-8-17(13)25)19(28)24-21(30)26(20(22)29)15-5-3-14(23)4-6-15/h3-9,18H,10-12H2,1-2H3,(H,24,28,30)/t22-/m1/s1. The van der Waals surface area contributed by atoms with Crippen LogP contribution in [0.4, 0.5) is 26.2 Å². The van der Waals surface area contributed by atoms with E-state index in [-0.39, 0.29) is 30.9 Å². The number of urea groups is 1. The molecule has 11 nitrogen and oxygen atoms in total. The molecular weight excluding hydrogens is 451 g/mol. The molecule has 1 spiro atoms. The van der Waals surface area contributed by atoms with Crippen LogP contribution < -0.4 is 15.1 Å². The molecule has 12 heteroatoms. The minimum Gasteiger partial charge on any atom is -0.365 e. The zero-order valence-electron chi connectivity index (χ0n) is 18.3. The molecule has 0 aromatic heterocycles. The SMILES string of the molecule is COC(CN1C[C@]2(Cc3cc([N+](=O)[O-])ccc31)C(=O)NC(=O)N(c1ccc(F)cc1)C2=O)OC. The van der Waals surface area contributed by atoms with E-state index >= 15 is 0 Å². The molecule has 178 valence electrons. The molecule has 4 amide bonds. The molecule has 34 heavy (non-hydrogen) atoms. The predicted molar refractivity (Wildman–Crippen MR) is 117 cm³/mol. The quantitative estimate of drug-likeness (QED) is 0.292. The molecule has 0 saturated carbocycles. The van der Waals surface area contributed by atoms with E-state index < -0.39 is 40.3 Å². The van der Waals surface area contributed by atoms with Gasteiger partial charge in [-0.25, -0.2) is 14.1 Å². The molecule has 1 saturated heterocycles. The number of non-ortho nitro benzene ring substituents is 1. The highest BCUT2D eigenvalue weighted by Gasteiger charge is 2.57. The van der Waals surface area contributed by atoms with Crippen molar-refractivity contribution in [3.05, 3.63) is 64.0 Å². The Kier molecular flexibility index (Phi) is 6.02. The molecule has 2 aliphatic rings. The molecular formula is C22H21FN4O7. The number of imide groups is 2. The molecule has 2 aromatic rings. The molecule has 2 aromatic carbocycles. The van der Waals surface area contributed by atoms with Gasteiger partial charge in [-0.05, 0) is 42.3 Å². The lowest BCUT2D eigenvalue weighted by atomic mass is 9.74. The van der Waals surface area contributed by atoms with E-state index in [9.17, 15) is 28.9 Å². The second-order valence-electron chi connectivity index (χ2n) is 7.99. The van der Waals surface area contributed by atoms with Gasteiger partial charge in [0.1, 0.15) is 5.82 Å². The summed E-state index contributed by atoms with van der Waals surface area (Å²) in [6.07, 6.45) is -0.907. The fourth-order valence-corrected chi connectivity index (χ4v) is 4.31. The number of benzene rings is 2. The number of carbonyl (C=O) groups is 3. The van der Waals surface area contributed by atoms with Gasteiger partial charge in [0.05, 0.1) is 17.2 Å². The second kappa shape index (κ2) is 8.80. The van der Waals surface area contributed by atoms with Gasteiger partial charge in [-0.15, -0.1) is 0 Å². The first kappa shape index (κ1) is 23.3. The maximum absolute atomic E-state index is 13.7. The number of nitro groups is 1. The van der Waals surface area contributed by atoms with Gasteiger partial charge in [-0.3, -0.25) is 25.0 Å². The maximum Gasteiger partial charge on any atom is 0.335 e. The highest BCUT2D eigenvalue weighted by Crippen LogP contribution is 2.42. The van der Waals surface area contributed by atoms with Gasteiger partial charge in [0.15, 0.2) is 11.7 Å². The van der Waals surface area contributed by atoms with E-state index in [0.29, 0.717) is 11.3 Å². The molecule has 0 bridgehead atoms. The van der Waals surface area contributed by atoms with Gasteiger partial charge in [0.25, 0.3) is 11.6 Å². The fourth-order valence-electron chi connectivity index (χ4n) is 4.31. The normalized spacial score (nSPS) is 20.1. The van der Waals surface area contributed by atoms with Gasteiger partial charge in [0, 0.05) is 38.6 Å². The lowest BCUT2D eigenvalue weighted by Crippen LogP contribution is -2.69. The summed E-state index contributed by atoms with van der Waals surface area (Å²) in [5.41, 5.74) is -0.958. The van der Waals surface area contributed by atoms with Crippen molar-refractivity contribution >= 4 is 34.9 Å². The number of hydrogen-bond acceptors (Lipinski definition) is 8. The summed E-state index contributed by atoms with van der Waals surface area (Å²) in [5, 5.41) is 13.6. The van der Waals surface area contributed by atoms with Crippen LogP contribution in [0.5, 0.6) is 0 Å². The minimum atomic E-state index is -1.78. The van der Waals surface area contributed by atoms with Crippen molar-refractivity contribution in [2.75, 3.05) is 37.1 Å². The van der Waals surface area contributed by atoms with Crippen LogP contribution in [0, 0.1) is 21.3 Å². The van der Waals surface area contributed by atoms with E-state index in [1.54, 1.807) is 4.90 Å². The first-order chi connectivity index (χ1) is 16.2. The largest absolute Gasteiger partial charge is 0.365 e. The van der Waals surface area contributed by atoms with Crippen LogP contribution >= 0.6 is 0 Å². The third-order valence-corrected chi connectivity index (χ3v) is 6.02. The first-order valence-corrected chi connectivity index (χ1v) is 10.2. The highest BCUT2D eigenvalue weighted by molar-refractivity contribution is 6.30. The third kappa shape index (κ3) is 3.86. The third-order valence-electron chi connectivity index (χ3n) is 6.02. The van der Waals surface area contributed by atoms with E-state index in [1.807, 2.05) is 0 Å². The van der Waals surface area contributed by atoms with Gasteiger partial charge in [0.2, 0.25) is 5.91 Å². The minimum absolute atomic E-state index is 0.0822. The Labute approximate surface area is 193 Å². The monoisotopic (exact) mass is 472 g/mol. The topological polar surface area (TPSA) is 131 Å². The summed E-state index contributed by atoms with van der Waals surface area (Å²) in [5.74, 6) is -2.20. The van der Waals surface area contributed by atoms with Crippen LogP contribution in [0.25, 0.3) is 0 Å². The number of methoxy groups -OCH3 is 2. The number of hydrogen-bond donors (Lipinski definition) is 1. The van der Waals surface area contributed by atoms with Crippen LogP contribution in [0.2, 0.25) is 0 Å². The van der Waals surface area contributed by atoms with Gasteiger partial charge >= 0.3 is 6.03 Å². The van der Waals surface area contributed by atoms with Gasteiger partial charge in [-0.2, -0.15) is 0 Å². The van der Waals surface area contributed by atoms with Crippen molar-refractivity contribution in [1.82, 2.24) is 5.32 Å². The molecule has 1 atom stereocenters. The van der Waals surface area contributed by atoms with Crippen molar-refractivity contribution in [3.8, 4) is 0 Å². The number of carbonyl (C=O) groups excluding carboxylic acids is 3. The van der Waals surface area contributed by atoms with E-state index in [2.05, 4.69) is 5.32 Å². The number of amides is 4. The van der Waals surface area contributed by atoms with Crippen LogP contribution in [-0.4, -0.2) is 56.4 Å². The van der Waals surface area contributed by atoms with E-state index in [1.165, 1.54) is 44.6 Å². The Hall–Kier alpha value is -3.90. The Bertz CT molecular complexity index is 1170. The average Bonchev–Trinajstić information content (AvgIpc) is 2.82. The van der Waals surface area contributed by atoms with Crippen molar-refractivity contribution in [2.45, 2.75) is 12.7 Å². The molecule has 1 fully saturated rings. The fraction of sp³-hybridized carbons (Fsp3) is 0.318. The first-order valence-electron chi connectivity index (χ1n) is 10.2. The molecule has 4 rings (SSSR count). The highest BCUT2D eigenvalue weighted by atomic mass is 19.1. The van der Waals surface area contributed by atoms with Gasteiger partial charge < -0.3 is 14.4 Å². The number of halogens is 1. The number of nitrogens with one attached hydrogen (secondary N) is 1. The summed E-state index contributed by atoms with van der Waals surface area (Å²) in [7, 11) is 2.86.